The minimum atomic E-state index is -0.808. The second kappa shape index (κ2) is 12.4. The van der Waals surface area contributed by atoms with E-state index in [1.165, 1.54) is 7.11 Å². The van der Waals surface area contributed by atoms with Crippen molar-refractivity contribution in [2.45, 2.75) is 26.3 Å². The van der Waals surface area contributed by atoms with E-state index in [4.69, 9.17) is 9.47 Å². The number of ether oxygens (including phenoxy) is 2. The molecule has 0 aliphatic heterocycles. The third kappa shape index (κ3) is 6.41. The van der Waals surface area contributed by atoms with Crippen molar-refractivity contribution in [2.75, 3.05) is 24.9 Å². The Labute approximate surface area is 211 Å². The number of para-hydroxylation sites is 3. The summed E-state index contributed by atoms with van der Waals surface area (Å²) in [5, 5.41) is 8.49. The summed E-state index contributed by atoms with van der Waals surface area (Å²) in [7, 11) is 3.07. The Morgan fingerprint density at radius 1 is 0.778 bits per heavy atom. The van der Waals surface area contributed by atoms with E-state index in [9.17, 15) is 14.4 Å². The molecule has 3 amide bonds. The van der Waals surface area contributed by atoms with E-state index in [1.807, 2.05) is 13.8 Å². The minimum Gasteiger partial charge on any atom is -0.497 e. The van der Waals surface area contributed by atoms with Crippen LogP contribution in [0.5, 0.6) is 11.5 Å². The van der Waals surface area contributed by atoms with Crippen LogP contribution >= 0.6 is 0 Å². The maximum absolute atomic E-state index is 13.3. The third-order valence-corrected chi connectivity index (χ3v) is 5.92. The topological polar surface area (TPSA) is 106 Å². The summed E-state index contributed by atoms with van der Waals surface area (Å²) < 4.78 is 10.4. The molecular weight excluding hydrogens is 458 g/mol. The lowest BCUT2D eigenvalue weighted by atomic mass is 9.97. The third-order valence-electron chi connectivity index (χ3n) is 5.92. The number of hydrogen-bond donors (Lipinski definition) is 3. The molecule has 3 N–H and O–H groups in total. The van der Waals surface area contributed by atoms with Crippen LogP contribution in [0, 0.1) is 5.92 Å². The van der Waals surface area contributed by atoms with Gasteiger partial charge in [-0.15, -0.1) is 0 Å². The molecule has 0 spiro atoms. The summed E-state index contributed by atoms with van der Waals surface area (Å²) in [4.78, 5) is 39.3. The van der Waals surface area contributed by atoms with Crippen LogP contribution in [0.15, 0.2) is 72.8 Å². The summed E-state index contributed by atoms with van der Waals surface area (Å²) in [6.45, 7) is 3.84. The lowest BCUT2D eigenvalue weighted by molar-refractivity contribution is -0.119. The summed E-state index contributed by atoms with van der Waals surface area (Å²) in [6, 6.07) is 19.6. The average Bonchev–Trinajstić information content (AvgIpc) is 2.91. The van der Waals surface area contributed by atoms with Gasteiger partial charge in [0.1, 0.15) is 17.5 Å². The number of methoxy groups -OCH3 is 2. The fraction of sp³-hybridized carbons (Fsp3) is 0.250. The number of amides is 3. The monoisotopic (exact) mass is 489 g/mol. The summed E-state index contributed by atoms with van der Waals surface area (Å²) in [5.41, 5.74) is 1.51. The summed E-state index contributed by atoms with van der Waals surface area (Å²) in [5.74, 6) is -0.196. The van der Waals surface area contributed by atoms with Crippen molar-refractivity contribution in [1.29, 1.82) is 0 Å². The molecule has 188 valence electrons. The number of rotatable bonds is 10. The molecule has 3 rings (SSSR count). The fourth-order valence-electron chi connectivity index (χ4n) is 3.61. The van der Waals surface area contributed by atoms with Gasteiger partial charge in [-0.1, -0.05) is 44.5 Å². The smallest absolute Gasteiger partial charge is 0.255 e. The summed E-state index contributed by atoms with van der Waals surface area (Å²) in [6.07, 6.45) is 0.667. The van der Waals surface area contributed by atoms with Crippen LogP contribution in [0.4, 0.5) is 11.4 Å². The normalized spacial score (nSPS) is 12.1. The molecule has 0 unspecified atom stereocenters. The zero-order valence-electron chi connectivity index (χ0n) is 20.8. The molecule has 8 heteroatoms. The van der Waals surface area contributed by atoms with E-state index in [2.05, 4.69) is 16.0 Å². The first-order chi connectivity index (χ1) is 17.4. The van der Waals surface area contributed by atoms with Crippen molar-refractivity contribution < 1.29 is 23.9 Å². The second-order valence-electron chi connectivity index (χ2n) is 8.25. The highest BCUT2D eigenvalue weighted by Crippen LogP contribution is 2.24. The molecule has 3 aromatic rings. The van der Waals surface area contributed by atoms with E-state index < -0.39 is 11.9 Å². The van der Waals surface area contributed by atoms with Gasteiger partial charge in [-0.25, -0.2) is 0 Å². The highest BCUT2D eigenvalue weighted by atomic mass is 16.5. The van der Waals surface area contributed by atoms with Crippen molar-refractivity contribution in [1.82, 2.24) is 5.32 Å². The largest absolute Gasteiger partial charge is 0.497 e. The first-order valence-corrected chi connectivity index (χ1v) is 11.7. The Morgan fingerprint density at radius 2 is 1.42 bits per heavy atom. The number of carbonyl (C=O) groups is 3. The number of carbonyl (C=O) groups excluding carboxylic acids is 3. The first-order valence-electron chi connectivity index (χ1n) is 11.7. The number of hydrogen-bond acceptors (Lipinski definition) is 5. The SMILES string of the molecule is CC[C@H](C)[C@@H](NC(=O)c1ccccc1NC(=O)c1ccc(OC)cc1)C(=O)Nc1ccccc1OC. The second-order valence-corrected chi connectivity index (χ2v) is 8.25. The predicted molar refractivity (Wildman–Crippen MR) is 140 cm³/mol. The zero-order chi connectivity index (χ0) is 26.1. The van der Waals surface area contributed by atoms with Crippen LogP contribution in [0.25, 0.3) is 0 Å². The van der Waals surface area contributed by atoms with Crippen LogP contribution in [-0.4, -0.2) is 38.0 Å². The van der Waals surface area contributed by atoms with Crippen molar-refractivity contribution in [3.05, 3.63) is 83.9 Å². The Balaban J connectivity index is 1.79. The van der Waals surface area contributed by atoms with Gasteiger partial charge in [-0.05, 0) is 54.4 Å². The van der Waals surface area contributed by atoms with E-state index in [1.54, 1.807) is 79.9 Å². The zero-order valence-corrected chi connectivity index (χ0v) is 20.8. The molecule has 0 aliphatic carbocycles. The molecule has 8 nitrogen and oxygen atoms in total. The quantitative estimate of drug-likeness (QED) is 0.382. The number of nitrogens with one attached hydrogen (secondary N) is 3. The predicted octanol–water partition coefficient (Wildman–Crippen LogP) is 4.74. The minimum absolute atomic E-state index is 0.148. The van der Waals surface area contributed by atoms with Crippen LogP contribution in [0.2, 0.25) is 0 Å². The van der Waals surface area contributed by atoms with Crippen LogP contribution in [-0.2, 0) is 4.79 Å². The van der Waals surface area contributed by atoms with Gasteiger partial charge in [0.05, 0.1) is 31.2 Å². The van der Waals surface area contributed by atoms with Gasteiger partial charge in [-0.3, -0.25) is 14.4 Å². The molecule has 0 heterocycles. The van der Waals surface area contributed by atoms with Crippen molar-refractivity contribution in [2.24, 2.45) is 5.92 Å². The fourth-order valence-corrected chi connectivity index (χ4v) is 3.61. The number of anilines is 2. The van der Waals surface area contributed by atoms with Gasteiger partial charge >= 0.3 is 0 Å². The highest BCUT2D eigenvalue weighted by molar-refractivity contribution is 6.10. The van der Waals surface area contributed by atoms with Crippen molar-refractivity contribution >= 4 is 29.1 Å². The van der Waals surface area contributed by atoms with Crippen LogP contribution in [0.3, 0.4) is 0 Å². The van der Waals surface area contributed by atoms with Crippen molar-refractivity contribution in [3.63, 3.8) is 0 Å². The van der Waals surface area contributed by atoms with Gasteiger partial charge in [0.15, 0.2) is 0 Å². The Bertz CT molecular complexity index is 1210. The Kier molecular flexibility index (Phi) is 9.05. The van der Waals surface area contributed by atoms with Gasteiger partial charge in [-0.2, -0.15) is 0 Å². The molecule has 2 atom stereocenters. The maximum Gasteiger partial charge on any atom is 0.255 e. The first kappa shape index (κ1) is 26.3. The summed E-state index contributed by atoms with van der Waals surface area (Å²) >= 11 is 0. The lowest BCUT2D eigenvalue weighted by Crippen LogP contribution is -2.47. The van der Waals surface area contributed by atoms with E-state index in [0.717, 1.165) is 0 Å². The van der Waals surface area contributed by atoms with Gasteiger partial charge < -0.3 is 25.4 Å². The van der Waals surface area contributed by atoms with Crippen LogP contribution < -0.4 is 25.4 Å². The lowest BCUT2D eigenvalue weighted by Gasteiger charge is -2.24. The average molecular weight is 490 g/mol. The molecule has 0 fully saturated rings. The van der Waals surface area contributed by atoms with Gasteiger partial charge in [0.25, 0.3) is 11.8 Å². The van der Waals surface area contributed by atoms with E-state index in [-0.39, 0.29) is 23.3 Å². The molecule has 0 aromatic heterocycles. The molecular formula is C28H31N3O5. The molecule has 0 radical (unpaired) electrons. The maximum atomic E-state index is 13.3. The number of benzene rings is 3. The standard InChI is InChI=1S/C28H31N3O5/c1-5-18(2)25(28(34)30-23-12-8-9-13-24(23)36-4)31-27(33)21-10-6-7-11-22(21)29-26(32)19-14-16-20(35-3)17-15-19/h6-18,25H,5H2,1-4H3,(H,29,32)(H,30,34)(H,31,33)/t18-,25+/m0/s1. The molecule has 0 saturated heterocycles. The highest BCUT2D eigenvalue weighted by Gasteiger charge is 2.28. The molecule has 36 heavy (non-hydrogen) atoms. The molecule has 3 aromatic carbocycles. The van der Waals surface area contributed by atoms with Gasteiger partial charge in [0.2, 0.25) is 5.91 Å². The van der Waals surface area contributed by atoms with E-state index in [0.29, 0.717) is 34.9 Å². The molecule has 0 saturated carbocycles. The Hall–Kier alpha value is -4.33. The van der Waals surface area contributed by atoms with Crippen LogP contribution in [0.1, 0.15) is 41.0 Å². The molecule has 0 aliphatic rings. The Morgan fingerprint density at radius 3 is 2.06 bits per heavy atom. The van der Waals surface area contributed by atoms with Gasteiger partial charge in [0, 0.05) is 5.56 Å². The van der Waals surface area contributed by atoms with E-state index >= 15 is 0 Å². The van der Waals surface area contributed by atoms with Crippen molar-refractivity contribution in [3.8, 4) is 11.5 Å². The molecule has 0 bridgehead atoms.